The molecular weight excluding hydrogens is 308 g/mol. The summed E-state index contributed by atoms with van der Waals surface area (Å²) < 4.78 is 1.63. The van der Waals surface area contributed by atoms with Crippen LogP contribution < -0.4 is 5.43 Å². The van der Waals surface area contributed by atoms with Crippen molar-refractivity contribution < 1.29 is 14.8 Å². The lowest BCUT2D eigenvalue weighted by molar-refractivity contribution is -0.386. The van der Waals surface area contributed by atoms with Crippen LogP contribution in [0.1, 0.15) is 19.3 Å². The number of carbonyl (C=O) groups is 1. The molecule has 18 heavy (non-hydrogen) atoms. The number of aryl methyl sites for hydroxylation is 1. The number of carboxylic acids is 1. The molecule has 0 aliphatic heterocycles. The van der Waals surface area contributed by atoms with Gasteiger partial charge in [-0.1, -0.05) is 0 Å². The third kappa shape index (κ3) is 3.95. The molecule has 98 valence electrons. The molecule has 0 atom stereocenters. The standard InChI is InChI=1S/C10H11BrN2O5/c11-7-5-12(4-2-1-3-9(14)15)6-8(10(7)16)13(17)18/h5-6H,1-4H2,(H,14,15). The van der Waals surface area contributed by atoms with Crippen LogP contribution in [0.15, 0.2) is 21.7 Å². The van der Waals surface area contributed by atoms with Gasteiger partial charge in [0, 0.05) is 19.2 Å². The van der Waals surface area contributed by atoms with Crippen molar-refractivity contribution in [3.8, 4) is 0 Å². The van der Waals surface area contributed by atoms with Gasteiger partial charge in [-0.25, -0.2) is 0 Å². The second-order valence-corrected chi connectivity index (χ2v) is 4.52. The van der Waals surface area contributed by atoms with Crippen LogP contribution in [0, 0.1) is 10.1 Å². The van der Waals surface area contributed by atoms with E-state index in [1.165, 1.54) is 10.8 Å². The van der Waals surface area contributed by atoms with Gasteiger partial charge in [0.1, 0.15) is 0 Å². The lowest BCUT2D eigenvalue weighted by atomic mass is 10.2. The molecule has 0 amide bonds. The smallest absolute Gasteiger partial charge is 0.333 e. The van der Waals surface area contributed by atoms with Crippen molar-refractivity contribution >= 4 is 27.6 Å². The Kier molecular flexibility index (Phi) is 5.02. The van der Waals surface area contributed by atoms with Gasteiger partial charge in [0.15, 0.2) is 0 Å². The van der Waals surface area contributed by atoms with E-state index in [1.807, 2.05) is 0 Å². The highest BCUT2D eigenvalue weighted by atomic mass is 79.9. The van der Waals surface area contributed by atoms with E-state index in [2.05, 4.69) is 15.9 Å². The maximum absolute atomic E-state index is 11.4. The van der Waals surface area contributed by atoms with Crippen LogP contribution in [0.2, 0.25) is 0 Å². The number of aromatic nitrogens is 1. The number of nitro groups is 1. The van der Waals surface area contributed by atoms with Gasteiger partial charge in [0.25, 0.3) is 5.43 Å². The van der Waals surface area contributed by atoms with Crippen LogP contribution in [0.4, 0.5) is 5.69 Å². The minimum absolute atomic E-state index is 0.0590. The van der Waals surface area contributed by atoms with Crippen LogP contribution in [0.5, 0.6) is 0 Å². The zero-order valence-corrected chi connectivity index (χ0v) is 10.9. The van der Waals surface area contributed by atoms with E-state index in [9.17, 15) is 19.7 Å². The van der Waals surface area contributed by atoms with Gasteiger partial charge in [-0.3, -0.25) is 19.7 Å². The molecule has 1 aromatic heterocycles. The molecule has 0 aliphatic carbocycles. The Morgan fingerprint density at radius 2 is 2.11 bits per heavy atom. The normalized spacial score (nSPS) is 10.3. The Bertz CT molecular complexity index is 525. The quantitative estimate of drug-likeness (QED) is 0.489. The molecule has 1 aromatic rings. The maximum Gasteiger partial charge on any atom is 0.333 e. The van der Waals surface area contributed by atoms with E-state index in [-0.39, 0.29) is 10.9 Å². The molecule has 1 N–H and O–H groups in total. The Labute approximate surface area is 110 Å². The summed E-state index contributed by atoms with van der Waals surface area (Å²) in [6.45, 7) is 0.424. The third-order valence-corrected chi connectivity index (χ3v) is 2.84. The average Bonchev–Trinajstić information content (AvgIpc) is 2.28. The lowest BCUT2D eigenvalue weighted by Gasteiger charge is -2.06. The van der Waals surface area contributed by atoms with E-state index >= 15 is 0 Å². The number of unbranched alkanes of at least 4 members (excludes halogenated alkanes) is 1. The fourth-order valence-electron chi connectivity index (χ4n) is 1.41. The van der Waals surface area contributed by atoms with Gasteiger partial charge < -0.3 is 9.67 Å². The van der Waals surface area contributed by atoms with E-state index in [4.69, 9.17) is 5.11 Å². The number of rotatable bonds is 6. The van der Waals surface area contributed by atoms with Crippen LogP contribution in [-0.2, 0) is 11.3 Å². The van der Waals surface area contributed by atoms with Crippen molar-refractivity contribution in [2.45, 2.75) is 25.8 Å². The summed E-state index contributed by atoms with van der Waals surface area (Å²) in [5.74, 6) is -0.873. The Balaban J connectivity index is 2.75. The van der Waals surface area contributed by atoms with Gasteiger partial charge in [0.05, 0.1) is 15.6 Å². The molecule has 0 spiro atoms. The number of nitrogens with zero attached hydrogens (tertiary/aromatic N) is 2. The largest absolute Gasteiger partial charge is 0.481 e. The van der Waals surface area contributed by atoms with Crippen molar-refractivity contribution in [1.29, 1.82) is 0 Å². The topological polar surface area (TPSA) is 102 Å². The molecule has 7 nitrogen and oxygen atoms in total. The first-order valence-electron chi connectivity index (χ1n) is 5.17. The zero-order chi connectivity index (χ0) is 13.7. The average molecular weight is 319 g/mol. The molecule has 0 fully saturated rings. The van der Waals surface area contributed by atoms with Gasteiger partial charge in [-0.15, -0.1) is 0 Å². The second kappa shape index (κ2) is 6.29. The minimum atomic E-state index is -0.873. The Morgan fingerprint density at radius 3 is 2.67 bits per heavy atom. The lowest BCUT2D eigenvalue weighted by Crippen LogP contribution is -2.13. The molecule has 1 rings (SSSR count). The summed E-state index contributed by atoms with van der Waals surface area (Å²) in [6.07, 6.45) is 3.72. The number of hydrogen-bond acceptors (Lipinski definition) is 4. The molecule has 1 heterocycles. The number of hydrogen-bond donors (Lipinski definition) is 1. The second-order valence-electron chi connectivity index (χ2n) is 3.67. The molecule has 0 aliphatic rings. The monoisotopic (exact) mass is 318 g/mol. The van der Waals surface area contributed by atoms with Crippen LogP contribution in [0.3, 0.4) is 0 Å². The maximum atomic E-state index is 11.4. The van der Waals surface area contributed by atoms with Gasteiger partial charge in [-0.2, -0.15) is 0 Å². The number of carboxylic acid groups (broad SMARTS) is 1. The molecule has 8 heteroatoms. The van der Waals surface area contributed by atoms with Crippen LogP contribution in [0.25, 0.3) is 0 Å². The molecule has 0 saturated heterocycles. The summed E-state index contributed by atoms with van der Waals surface area (Å²) in [5, 5.41) is 19.1. The fourth-order valence-corrected chi connectivity index (χ4v) is 1.88. The highest BCUT2D eigenvalue weighted by Crippen LogP contribution is 2.11. The summed E-state index contributed by atoms with van der Waals surface area (Å²) in [4.78, 5) is 31.6. The van der Waals surface area contributed by atoms with Gasteiger partial charge >= 0.3 is 11.7 Å². The van der Waals surface area contributed by atoms with Crippen LogP contribution >= 0.6 is 15.9 Å². The van der Waals surface area contributed by atoms with Gasteiger partial charge in [0.2, 0.25) is 0 Å². The molecule has 0 aromatic carbocycles. The number of pyridine rings is 1. The van der Waals surface area contributed by atoms with Crippen molar-refractivity contribution in [3.63, 3.8) is 0 Å². The summed E-state index contributed by atoms with van der Waals surface area (Å²) in [5.41, 5.74) is -1.16. The van der Waals surface area contributed by atoms with Crippen molar-refractivity contribution in [2.24, 2.45) is 0 Å². The Hall–Kier alpha value is -1.70. The predicted molar refractivity (Wildman–Crippen MR) is 66.5 cm³/mol. The minimum Gasteiger partial charge on any atom is -0.481 e. The fraction of sp³-hybridized carbons (Fsp3) is 0.400. The summed E-state index contributed by atoms with van der Waals surface area (Å²) in [7, 11) is 0. The highest BCUT2D eigenvalue weighted by Gasteiger charge is 2.15. The summed E-state index contributed by atoms with van der Waals surface area (Å²) >= 11 is 2.97. The molecule has 0 unspecified atom stereocenters. The molecule has 0 radical (unpaired) electrons. The third-order valence-electron chi connectivity index (χ3n) is 2.27. The number of halogens is 1. The number of aliphatic carboxylic acids is 1. The first-order chi connectivity index (χ1) is 8.41. The van der Waals surface area contributed by atoms with Crippen molar-refractivity contribution in [1.82, 2.24) is 4.57 Å². The molecule has 0 bridgehead atoms. The molecule has 0 saturated carbocycles. The zero-order valence-electron chi connectivity index (χ0n) is 9.34. The Morgan fingerprint density at radius 1 is 1.44 bits per heavy atom. The molecular formula is C10H11BrN2O5. The predicted octanol–water partition coefficient (Wildman–Crippen LogP) is 1.77. The van der Waals surface area contributed by atoms with E-state index in [1.54, 1.807) is 0 Å². The van der Waals surface area contributed by atoms with Gasteiger partial charge in [-0.05, 0) is 28.8 Å². The van der Waals surface area contributed by atoms with E-state index in [0.29, 0.717) is 19.4 Å². The SMILES string of the molecule is O=C(O)CCCCn1cc(Br)c(=O)c([N+](=O)[O-])c1. The first-order valence-corrected chi connectivity index (χ1v) is 5.97. The first kappa shape index (κ1) is 14.4. The highest BCUT2D eigenvalue weighted by molar-refractivity contribution is 9.10. The van der Waals surface area contributed by atoms with Crippen LogP contribution in [-0.4, -0.2) is 20.6 Å². The van der Waals surface area contributed by atoms with Crippen molar-refractivity contribution in [3.05, 3.63) is 37.2 Å². The van der Waals surface area contributed by atoms with Crippen molar-refractivity contribution in [2.75, 3.05) is 0 Å². The van der Waals surface area contributed by atoms with E-state index < -0.39 is 22.0 Å². The van der Waals surface area contributed by atoms with E-state index in [0.717, 1.165) is 6.20 Å². The summed E-state index contributed by atoms with van der Waals surface area (Å²) in [6, 6.07) is 0.